The van der Waals surface area contributed by atoms with Gasteiger partial charge >= 0.3 is 0 Å². The molecule has 13 heavy (non-hydrogen) atoms. The summed E-state index contributed by atoms with van der Waals surface area (Å²) in [4.78, 5) is 7.62. The molecule has 0 radical (unpaired) electrons. The van der Waals surface area contributed by atoms with E-state index >= 15 is 0 Å². The van der Waals surface area contributed by atoms with Crippen molar-refractivity contribution in [3.8, 4) is 11.4 Å². The SMILES string of the molecule is Fc1ccnc(-c2ccccc2)n1. The van der Waals surface area contributed by atoms with Crippen molar-refractivity contribution in [2.45, 2.75) is 0 Å². The molecule has 1 aromatic carbocycles. The third-order valence-corrected chi connectivity index (χ3v) is 1.65. The second-order valence-electron chi connectivity index (χ2n) is 2.57. The lowest BCUT2D eigenvalue weighted by molar-refractivity contribution is 0.581. The molecule has 0 fully saturated rings. The van der Waals surface area contributed by atoms with Crippen molar-refractivity contribution in [2.75, 3.05) is 0 Å². The van der Waals surface area contributed by atoms with Gasteiger partial charge in [-0.05, 0) is 0 Å². The summed E-state index contributed by atoms with van der Waals surface area (Å²) in [5.74, 6) is -0.0885. The van der Waals surface area contributed by atoms with Crippen LogP contribution < -0.4 is 0 Å². The van der Waals surface area contributed by atoms with E-state index < -0.39 is 5.95 Å². The van der Waals surface area contributed by atoms with Crippen molar-refractivity contribution in [1.29, 1.82) is 0 Å². The minimum absolute atomic E-state index is 0.417. The molecule has 0 saturated carbocycles. The van der Waals surface area contributed by atoms with Crippen LogP contribution in [0.3, 0.4) is 0 Å². The molecule has 2 rings (SSSR count). The van der Waals surface area contributed by atoms with Crippen molar-refractivity contribution in [3.63, 3.8) is 0 Å². The normalized spacial score (nSPS) is 9.92. The highest BCUT2D eigenvalue weighted by Crippen LogP contribution is 2.12. The summed E-state index contributed by atoms with van der Waals surface area (Å²) in [6.07, 6.45) is 1.41. The molecule has 0 spiro atoms. The van der Waals surface area contributed by atoms with Crippen molar-refractivity contribution in [2.24, 2.45) is 0 Å². The average molecular weight is 174 g/mol. The summed E-state index contributed by atoms with van der Waals surface area (Å²) >= 11 is 0. The minimum Gasteiger partial charge on any atom is -0.236 e. The van der Waals surface area contributed by atoms with Crippen LogP contribution in [0.4, 0.5) is 4.39 Å². The van der Waals surface area contributed by atoms with Crippen LogP contribution in [0.1, 0.15) is 0 Å². The molecule has 0 aliphatic carbocycles. The van der Waals surface area contributed by atoms with Gasteiger partial charge in [-0.25, -0.2) is 4.98 Å². The van der Waals surface area contributed by atoms with Crippen molar-refractivity contribution in [1.82, 2.24) is 9.97 Å². The number of nitrogens with zero attached hydrogens (tertiary/aromatic N) is 2. The molecular formula is C10H7FN2. The predicted molar refractivity (Wildman–Crippen MR) is 47.4 cm³/mol. The highest BCUT2D eigenvalue weighted by molar-refractivity contribution is 5.53. The van der Waals surface area contributed by atoms with Crippen LogP contribution in [0.2, 0.25) is 0 Å². The van der Waals surface area contributed by atoms with E-state index in [-0.39, 0.29) is 0 Å². The van der Waals surface area contributed by atoms with E-state index in [1.54, 1.807) is 0 Å². The highest BCUT2D eigenvalue weighted by Gasteiger charge is 1.99. The maximum Gasteiger partial charge on any atom is 0.216 e. The van der Waals surface area contributed by atoms with Gasteiger partial charge in [0.05, 0.1) is 0 Å². The van der Waals surface area contributed by atoms with Gasteiger partial charge in [0, 0.05) is 17.8 Å². The number of benzene rings is 1. The Morgan fingerprint density at radius 2 is 1.77 bits per heavy atom. The fourth-order valence-corrected chi connectivity index (χ4v) is 1.06. The van der Waals surface area contributed by atoms with E-state index in [1.807, 2.05) is 30.3 Å². The fourth-order valence-electron chi connectivity index (χ4n) is 1.06. The summed E-state index contributed by atoms with van der Waals surface area (Å²) < 4.78 is 12.7. The Bertz CT molecular complexity index is 401. The standard InChI is InChI=1S/C10H7FN2/c11-9-6-7-12-10(13-9)8-4-2-1-3-5-8/h1-7H. The molecule has 1 aromatic heterocycles. The third-order valence-electron chi connectivity index (χ3n) is 1.65. The Balaban J connectivity index is 2.48. The summed E-state index contributed by atoms with van der Waals surface area (Å²) in [6, 6.07) is 10.5. The van der Waals surface area contributed by atoms with Gasteiger partial charge in [-0.3, -0.25) is 0 Å². The van der Waals surface area contributed by atoms with Crippen molar-refractivity contribution in [3.05, 3.63) is 48.5 Å². The monoisotopic (exact) mass is 174 g/mol. The van der Waals surface area contributed by atoms with E-state index in [0.717, 1.165) is 5.56 Å². The van der Waals surface area contributed by atoms with Crippen molar-refractivity contribution < 1.29 is 4.39 Å². The predicted octanol–water partition coefficient (Wildman–Crippen LogP) is 2.28. The number of hydrogen-bond acceptors (Lipinski definition) is 2. The van der Waals surface area contributed by atoms with E-state index in [4.69, 9.17) is 0 Å². The Morgan fingerprint density at radius 3 is 2.46 bits per heavy atom. The van der Waals surface area contributed by atoms with Gasteiger partial charge in [-0.15, -0.1) is 0 Å². The summed E-state index contributed by atoms with van der Waals surface area (Å²) in [6.45, 7) is 0. The molecule has 0 aliphatic heterocycles. The lowest BCUT2D eigenvalue weighted by Gasteiger charge is -1.97. The molecule has 2 aromatic rings. The molecule has 0 amide bonds. The number of halogens is 1. The molecule has 1 heterocycles. The van der Waals surface area contributed by atoms with Crippen LogP contribution >= 0.6 is 0 Å². The lowest BCUT2D eigenvalue weighted by atomic mass is 10.2. The lowest BCUT2D eigenvalue weighted by Crippen LogP contribution is -1.90. The Labute approximate surface area is 75.1 Å². The van der Waals surface area contributed by atoms with Gasteiger partial charge in [0.2, 0.25) is 5.95 Å². The van der Waals surface area contributed by atoms with E-state index in [9.17, 15) is 4.39 Å². The van der Waals surface area contributed by atoms with E-state index in [1.165, 1.54) is 12.3 Å². The molecule has 0 unspecified atom stereocenters. The van der Waals surface area contributed by atoms with Crippen molar-refractivity contribution >= 4 is 0 Å². The molecule has 2 nitrogen and oxygen atoms in total. The third kappa shape index (κ3) is 1.69. The van der Waals surface area contributed by atoms with Gasteiger partial charge < -0.3 is 0 Å². The zero-order valence-corrected chi connectivity index (χ0v) is 6.81. The van der Waals surface area contributed by atoms with Gasteiger partial charge in [0.1, 0.15) is 0 Å². The smallest absolute Gasteiger partial charge is 0.216 e. The van der Waals surface area contributed by atoms with Gasteiger partial charge in [-0.2, -0.15) is 9.37 Å². The first kappa shape index (κ1) is 7.86. The number of hydrogen-bond donors (Lipinski definition) is 0. The number of rotatable bonds is 1. The van der Waals surface area contributed by atoms with Crippen LogP contribution in [-0.2, 0) is 0 Å². The quantitative estimate of drug-likeness (QED) is 0.620. The van der Waals surface area contributed by atoms with Crippen LogP contribution in [0.5, 0.6) is 0 Å². The molecule has 64 valence electrons. The van der Waals surface area contributed by atoms with Crippen LogP contribution in [0, 0.1) is 5.95 Å². The van der Waals surface area contributed by atoms with Crippen LogP contribution in [0.25, 0.3) is 11.4 Å². The van der Waals surface area contributed by atoms with Crippen LogP contribution in [0.15, 0.2) is 42.6 Å². The van der Waals surface area contributed by atoms with E-state index in [0.29, 0.717) is 5.82 Å². The largest absolute Gasteiger partial charge is 0.236 e. The maximum atomic E-state index is 12.7. The van der Waals surface area contributed by atoms with Gasteiger partial charge in [-0.1, -0.05) is 30.3 Å². The first-order chi connectivity index (χ1) is 6.36. The van der Waals surface area contributed by atoms with Crippen LogP contribution in [-0.4, -0.2) is 9.97 Å². The Hall–Kier alpha value is -1.77. The minimum atomic E-state index is -0.506. The fraction of sp³-hybridized carbons (Fsp3) is 0. The van der Waals surface area contributed by atoms with E-state index in [2.05, 4.69) is 9.97 Å². The average Bonchev–Trinajstić information content (AvgIpc) is 2.19. The Morgan fingerprint density at radius 1 is 1.00 bits per heavy atom. The maximum absolute atomic E-state index is 12.7. The second kappa shape index (κ2) is 3.31. The molecular weight excluding hydrogens is 167 g/mol. The zero-order chi connectivity index (χ0) is 9.10. The molecule has 0 N–H and O–H groups in total. The second-order valence-corrected chi connectivity index (χ2v) is 2.57. The zero-order valence-electron chi connectivity index (χ0n) is 6.81. The topological polar surface area (TPSA) is 25.8 Å². The van der Waals surface area contributed by atoms with Gasteiger partial charge in [0.25, 0.3) is 0 Å². The molecule has 0 saturated heterocycles. The summed E-state index contributed by atoms with van der Waals surface area (Å²) in [5, 5.41) is 0. The molecule has 0 aliphatic rings. The molecule has 0 atom stereocenters. The first-order valence-corrected chi connectivity index (χ1v) is 3.90. The Kier molecular flexibility index (Phi) is 2.00. The molecule has 0 bridgehead atoms. The first-order valence-electron chi connectivity index (χ1n) is 3.90. The summed E-state index contributed by atoms with van der Waals surface area (Å²) in [5.41, 5.74) is 0.821. The summed E-state index contributed by atoms with van der Waals surface area (Å²) in [7, 11) is 0. The molecule has 3 heteroatoms. The number of aromatic nitrogens is 2. The highest BCUT2D eigenvalue weighted by atomic mass is 19.1. The van der Waals surface area contributed by atoms with Gasteiger partial charge in [0.15, 0.2) is 5.82 Å².